The van der Waals surface area contributed by atoms with Crippen LogP contribution in [0.5, 0.6) is 0 Å². The third kappa shape index (κ3) is 6.26. The molecule has 1 nitrogen and oxygen atoms in total. The zero-order valence-electron chi connectivity index (χ0n) is 17.4. The Morgan fingerprint density at radius 2 is 1.66 bits per heavy atom. The third-order valence-corrected chi connectivity index (χ3v) is 6.41. The molecule has 2 aromatic carbocycles. The minimum atomic E-state index is 0.104. The zero-order chi connectivity index (χ0) is 20.5. The molecule has 2 aromatic rings. The molecule has 0 aromatic heterocycles. The van der Waals surface area contributed by atoms with Gasteiger partial charge in [0.15, 0.2) is 0 Å². The van der Waals surface area contributed by atoms with Gasteiger partial charge in [-0.25, -0.2) is 0 Å². The number of hydrogen-bond acceptors (Lipinski definition) is 1. The number of halogens is 2. The van der Waals surface area contributed by atoms with E-state index in [0.29, 0.717) is 0 Å². The van der Waals surface area contributed by atoms with Crippen molar-refractivity contribution in [2.75, 3.05) is 6.54 Å². The lowest BCUT2D eigenvalue weighted by Crippen LogP contribution is -2.34. The Morgan fingerprint density at radius 1 is 0.931 bits per heavy atom. The average molecular weight is 428 g/mol. The van der Waals surface area contributed by atoms with Crippen LogP contribution in [0.1, 0.15) is 74.6 Å². The van der Waals surface area contributed by atoms with E-state index in [2.05, 4.69) is 47.9 Å². The molecule has 29 heavy (non-hydrogen) atoms. The SMILES string of the molecule is CCCCCCCCC#C[C@@H]1c2ccccc2CCN1Cc1c(Cl)cccc1Cl. The molecule has 0 bridgehead atoms. The predicted molar refractivity (Wildman–Crippen MR) is 126 cm³/mol. The van der Waals surface area contributed by atoms with E-state index in [1.54, 1.807) is 0 Å². The lowest BCUT2D eigenvalue weighted by molar-refractivity contribution is 0.217. The summed E-state index contributed by atoms with van der Waals surface area (Å²) >= 11 is 12.9. The Bertz CT molecular complexity index is 829. The summed E-state index contributed by atoms with van der Waals surface area (Å²) in [6.45, 7) is 3.95. The van der Waals surface area contributed by atoms with Gasteiger partial charge in [-0.05, 0) is 36.1 Å². The normalized spacial score (nSPS) is 16.2. The van der Waals surface area contributed by atoms with Crippen LogP contribution in [0.25, 0.3) is 0 Å². The van der Waals surface area contributed by atoms with Gasteiger partial charge in [-0.15, -0.1) is 5.92 Å². The van der Waals surface area contributed by atoms with Crippen molar-refractivity contribution < 1.29 is 0 Å². The topological polar surface area (TPSA) is 3.24 Å². The minimum absolute atomic E-state index is 0.104. The first-order chi connectivity index (χ1) is 14.2. The van der Waals surface area contributed by atoms with Gasteiger partial charge >= 0.3 is 0 Å². The van der Waals surface area contributed by atoms with Crippen LogP contribution in [-0.2, 0) is 13.0 Å². The number of rotatable bonds is 8. The summed E-state index contributed by atoms with van der Waals surface area (Å²) in [6.07, 6.45) is 9.83. The summed E-state index contributed by atoms with van der Waals surface area (Å²) in [4.78, 5) is 2.42. The van der Waals surface area contributed by atoms with Crippen LogP contribution >= 0.6 is 23.2 Å². The fourth-order valence-corrected chi connectivity index (χ4v) is 4.52. The first-order valence-corrected chi connectivity index (χ1v) is 11.7. The van der Waals surface area contributed by atoms with Crippen LogP contribution in [0.3, 0.4) is 0 Å². The molecule has 1 heterocycles. The summed E-state index contributed by atoms with van der Waals surface area (Å²) in [5, 5.41) is 1.46. The maximum absolute atomic E-state index is 6.45. The van der Waals surface area contributed by atoms with Gasteiger partial charge < -0.3 is 0 Å². The number of fused-ring (bicyclic) bond motifs is 1. The Labute approximate surface area is 186 Å². The van der Waals surface area contributed by atoms with E-state index in [1.807, 2.05) is 18.2 Å². The van der Waals surface area contributed by atoms with Gasteiger partial charge in [0.25, 0.3) is 0 Å². The van der Waals surface area contributed by atoms with E-state index in [4.69, 9.17) is 23.2 Å². The van der Waals surface area contributed by atoms with E-state index >= 15 is 0 Å². The smallest absolute Gasteiger partial charge is 0.0976 e. The highest BCUT2D eigenvalue weighted by Gasteiger charge is 2.26. The molecule has 3 heteroatoms. The Balaban J connectivity index is 1.70. The van der Waals surface area contributed by atoms with Crippen molar-refractivity contribution in [3.8, 4) is 11.8 Å². The molecule has 0 aliphatic carbocycles. The molecule has 0 radical (unpaired) electrons. The van der Waals surface area contributed by atoms with Gasteiger partial charge in [-0.1, -0.05) is 98.5 Å². The summed E-state index contributed by atoms with van der Waals surface area (Å²) < 4.78 is 0. The number of nitrogens with zero attached hydrogens (tertiary/aromatic N) is 1. The first kappa shape index (κ1) is 22.2. The van der Waals surface area contributed by atoms with E-state index < -0.39 is 0 Å². The lowest BCUT2D eigenvalue weighted by atomic mass is 9.92. The molecule has 0 fully saturated rings. The fourth-order valence-electron chi connectivity index (χ4n) is 4.01. The second-order valence-electron chi connectivity index (χ2n) is 7.86. The third-order valence-electron chi connectivity index (χ3n) is 5.70. The Kier molecular flexibility index (Phi) is 8.93. The molecule has 1 aliphatic rings. The maximum Gasteiger partial charge on any atom is 0.0976 e. The van der Waals surface area contributed by atoms with Crippen molar-refractivity contribution in [1.29, 1.82) is 0 Å². The quantitative estimate of drug-likeness (QED) is 0.306. The molecule has 0 spiro atoms. The van der Waals surface area contributed by atoms with Gasteiger partial charge in [-0.3, -0.25) is 4.90 Å². The maximum atomic E-state index is 6.45. The van der Waals surface area contributed by atoms with Crippen LogP contribution in [0.4, 0.5) is 0 Å². The molecule has 154 valence electrons. The Hall–Kier alpha value is -1.46. The first-order valence-electron chi connectivity index (χ1n) is 10.9. The van der Waals surface area contributed by atoms with Crippen LogP contribution in [0.2, 0.25) is 10.0 Å². The lowest BCUT2D eigenvalue weighted by Gasteiger charge is -2.34. The summed E-state index contributed by atoms with van der Waals surface area (Å²) in [6, 6.07) is 14.5. The Morgan fingerprint density at radius 3 is 2.45 bits per heavy atom. The van der Waals surface area contributed by atoms with E-state index in [-0.39, 0.29) is 6.04 Å². The predicted octanol–water partition coefficient (Wildman–Crippen LogP) is 7.85. The highest BCUT2D eigenvalue weighted by atomic mass is 35.5. The van der Waals surface area contributed by atoms with E-state index in [9.17, 15) is 0 Å². The molecule has 1 aliphatic heterocycles. The van der Waals surface area contributed by atoms with Crippen molar-refractivity contribution in [3.05, 3.63) is 69.2 Å². The van der Waals surface area contributed by atoms with Gasteiger partial charge in [-0.2, -0.15) is 0 Å². The fraction of sp³-hybridized carbons (Fsp3) is 0.462. The molecular formula is C26H31Cl2N. The second kappa shape index (κ2) is 11.7. The largest absolute Gasteiger partial charge is 0.281 e. The van der Waals surface area contributed by atoms with Gasteiger partial charge in [0.2, 0.25) is 0 Å². The number of unbranched alkanes of at least 4 members (excludes halogenated alkanes) is 6. The van der Waals surface area contributed by atoms with Gasteiger partial charge in [0.05, 0.1) is 6.04 Å². The average Bonchev–Trinajstić information content (AvgIpc) is 2.73. The van der Waals surface area contributed by atoms with Crippen LogP contribution in [0, 0.1) is 11.8 Å². The van der Waals surface area contributed by atoms with Crippen molar-refractivity contribution in [3.63, 3.8) is 0 Å². The molecule has 0 saturated heterocycles. The van der Waals surface area contributed by atoms with Gasteiger partial charge in [0.1, 0.15) is 0 Å². The minimum Gasteiger partial charge on any atom is -0.281 e. The van der Waals surface area contributed by atoms with E-state index in [0.717, 1.165) is 41.5 Å². The number of hydrogen-bond donors (Lipinski definition) is 0. The summed E-state index contributed by atoms with van der Waals surface area (Å²) in [7, 11) is 0. The standard InChI is InChI=1S/C26H31Cl2N/c1-2-3-4-5-6-7-8-9-17-26-22-14-11-10-13-21(22)18-19-29(26)20-23-24(27)15-12-16-25(23)28/h10-16,26H,2-8,18-20H2,1H3/t26-/m1/s1. The van der Waals surface area contributed by atoms with E-state index in [1.165, 1.54) is 49.7 Å². The molecule has 0 saturated carbocycles. The highest BCUT2D eigenvalue weighted by molar-refractivity contribution is 6.35. The molecule has 0 unspecified atom stereocenters. The van der Waals surface area contributed by atoms with Crippen molar-refractivity contribution in [1.82, 2.24) is 4.90 Å². The summed E-state index contributed by atoms with van der Waals surface area (Å²) in [5.41, 5.74) is 3.74. The van der Waals surface area contributed by atoms with Gasteiger partial charge in [0, 0.05) is 35.1 Å². The van der Waals surface area contributed by atoms with Crippen LogP contribution < -0.4 is 0 Å². The molecule has 1 atom stereocenters. The number of benzene rings is 2. The van der Waals surface area contributed by atoms with Crippen LogP contribution in [-0.4, -0.2) is 11.4 Å². The van der Waals surface area contributed by atoms with Crippen molar-refractivity contribution >= 4 is 23.2 Å². The zero-order valence-corrected chi connectivity index (χ0v) is 18.9. The van der Waals surface area contributed by atoms with Crippen LogP contribution in [0.15, 0.2) is 42.5 Å². The molecule has 3 rings (SSSR count). The molecule has 0 amide bonds. The highest BCUT2D eigenvalue weighted by Crippen LogP contribution is 2.33. The van der Waals surface area contributed by atoms with Crippen molar-refractivity contribution in [2.45, 2.75) is 70.9 Å². The van der Waals surface area contributed by atoms with Crippen molar-refractivity contribution in [2.24, 2.45) is 0 Å². The second-order valence-corrected chi connectivity index (χ2v) is 8.68. The molecular weight excluding hydrogens is 397 g/mol. The monoisotopic (exact) mass is 427 g/mol. The summed E-state index contributed by atoms with van der Waals surface area (Å²) in [5.74, 6) is 7.05. The molecule has 0 N–H and O–H groups in total.